The Balaban J connectivity index is 1.58. The maximum atomic E-state index is 12.2. The normalized spacial score (nSPS) is 44.6. The SMILES string of the molecule is N=c1c2ncn3c2ncn1[C@@H]1O[C@H](COP(=O)(O)OP(=O)(O)OC[C@H]2O[C@@H]3[C@H](O)[C@@H]2O)[C@@H](O)[C@H]1N. The van der Waals surface area contributed by atoms with Gasteiger partial charge in [0.1, 0.15) is 36.8 Å². The third-order valence-corrected chi connectivity index (χ3v) is 8.47. The lowest BCUT2D eigenvalue weighted by molar-refractivity contribution is -0.0526. The molecule has 0 saturated carbocycles. The van der Waals surface area contributed by atoms with E-state index in [1.54, 1.807) is 0 Å². The lowest BCUT2D eigenvalue weighted by atomic mass is 10.1. The molecular formula is C15H22N6O12P2. The molecule has 0 spiro atoms. The monoisotopic (exact) mass is 540 g/mol. The maximum Gasteiger partial charge on any atom is 0.481 e. The highest BCUT2D eigenvalue weighted by atomic mass is 31.3. The van der Waals surface area contributed by atoms with Crippen molar-refractivity contribution in [3.8, 4) is 0 Å². The van der Waals surface area contributed by atoms with Crippen molar-refractivity contribution in [3.63, 3.8) is 0 Å². The van der Waals surface area contributed by atoms with Crippen LogP contribution in [0.4, 0.5) is 0 Å². The summed E-state index contributed by atoms with van der Waals surface area (Å²) in [5.74, 6) is 0. The van der Waals surface area contributed by atoms with Crippen LogP contribution in [0.2, 0.25) is 0 Å². The third-order valence-electron chi connectivity index (χ3n) is 5.87. The van der Waals surface area contributed by atoms with Crippen molar-refractivity contribution in [1.82, 2.24) is 19.1 Å². The van der Waals surface area contributed by atoms with Crippen LogP contribution in [0.5, 0.6) is 0 Å². The Bertz CT molecular complexity index is 1290. The van der Waals surface area contributed by atoms with E-state index in [2.05, 4.69) is 23.3 Å². The van der Waals surface area contributed by atoms with Gasteiger partial charge in [-0.1, -0.05) is 0 Å². The number of rotatable bonds is 0. The number of nitrogens with two attached hydrogens (primary N) is 1. The predicted octanol–water partition coefficient (Wildman–Crippen LogP) is -2.82. The topological polar surface area (TPSA) is 267 Å². The molecule has 35 heavy (non-hydrogen) atoms. The zero-order valence-electron chi connectivity index (χ0n) is 17.5. The van der Waals surface area contributed by atoms with E-state index in [1.165, 1.54) is 21.8 Å². The number of aromatic nitrogens is 4. The van der Waals surface area contributed by atoms with E-state index in [4.69, 9.17) is 20.6 Å². The Morgan fingerprint density at radius 1 is 0.914 bits per heavy atom. The zero-order chi connectivity index (χ0) is 25.3. The van der Waals surface area contributed by atoms with Crippen molar-refractivity contribution in [3.05, 3.63) is 18.1 Å². The molecule has 0 amide bonds. The molecule has 2 aromatic rings. The summed E-state index contributed by atoms with van der Waals surface area (Å²) in [6.07, 6.45) is -7.31. The fraction of sp³-hybridized carbons (Fsp3) is 0.667. The molecule has 0 aliphatic carbocycles. The van der Waals surface area contributed by atoms with E-state index in [9.17, 15) is 34.2 Å². The quantitative estimate of drug-likeness (QED) is 0.166. The molecule has 0 aromatic carbocycles. The number of aliphatic hydroxyl groups excluding tert-OH is 3. The number of imidazole rings is 1. The standard InChI is InChI=1S/C15H22N6O12P2/c16-7-9(22)5-1-29-34(25,26)33-35(27,28)30-2-6-10(23)11(24)15(32-6)21-3-18-8-12(17)20(14(7)31-5)4-19-13(8)21/h3-7,9-11,14-15,17,22-24H,1-2,16H2,(H,25,26)(H,27,28)/t5-,6-,7-,9-,10-,11-,14-,15-/m1/s1. The van der Waals surface area contributed by atoms with Gasteiger partial charge >= 0.3 is 15.6 Å². The second-order valence-corrected chi connectivity index (χ2v) is 11.2. The molecule has 194 valence electrons. The Morgan fingerprint density at radius 3 is 2.14 bits per heavy atom. The van der Waals surface area contributed by atoms with Crippen LogP contribution in [0.1, 0.15) is 12.5 Å². The van der Waals surface area contributed by atoms with Gasteiger partial charge in [-0.3, -0.25) is 23.6 Å². The van der Waals surface area contributed by atoms with Crippen molar-refractivity contribution < 1.29 is 57.1 Å². The molecule has 20 heteroatoms. The van der Waals surface area contributed by atoms with Gasteiger partial charge in [0, 0.05) is 0 Å². The number of hydrogen-bond acceptors (Lipinski definition) is 14. The van der Waals surface area contributed by atoms with Crippen molar-refractivity contribution in [2.75, 3.05) is 13.2 Å². The number of hydrogen-bond donors (Lipinski definition) is 7. The summed E-state index contributed by atoms with van der Waals surface area (Å²) in [4.78, 5) is 28.0. The molecule has 2 fully saturated rings. The molecule has 4 aliphatic heterocycles. The van der Waals surface area contributed by atoms with Gasteiger partial charge in [0.15, 0.2) is 29.1 Å². The van der Waals surface area contributed by atoms with Crippen molar-refractivity contribution in [2.24, 2.45) is 5.73 Å². The van der Waals surface area contributed by atoms with Gasteiger partial charge in [-0.25, -0.2) is 19.1 Å². The maximum absolute atomic E-state index is 12.2. The number of fused-ring (bicyclic) bond motifs is 7. The summed E-state index contributed by atoms with van der Waals surface area (Å²) >= 11 is 0. The van der Waals surface area contributed by atoms with E-state index in [-0.39, 0.29) is 16.7 Å². The second kappa shape index (κ2) is 8.74. The average molecular weight is 540 g/mol. The molecule has 10 atom stereocenters. The molecule has 8 N–H and O–H groups in total. The Hall–Kier alpha value is -1.63. The summed E-state index contributed by atoms with van der Waals surface area (Å²) < 4.78 is 51.5. The first-order valence-electron chi connectivity index (χ1n) is 10.1. The zero-order valence-corrected chi connectivity index (χ0v) is 19.3. The summed E-state index contributed by atoms with van der Waals surface area (Å²) in [5, 5.41) is 39.8. The molecule has 6 rings (SSSR count). The first-order valence-corrected chi connectivity index (χ1v) is 13.1. The van der Waals surface area contributed by atoms with E-state index in [1.807, 2.05) is 0 Å². The number of aliphatic hydroxyl groups is 3. The first kappa shape index (κ1) is 25.0. The van der Waals surface area contributed by atoms with Gasteiger partial charge in [0.05, 0.1) is 25.6 Å². The smallest absolute Gasteiger partial charge is 0.389 e. The molecule has 2 saturated heterocycles. The van der Waals surface area contributed by atoms with Crippen molar-refractivity contribution in [2.45, 2.75) is 49.0 Å². The number of ether oxygens (including phenoxy) is 2. The van der Waals surface area contributed by atoms with Gasteiger partial charge in [-0.2, -0.15) is 4.31 Å². The van der Waals surface area contributed by atoms with E-state index in [0.717, 1.165) is 0 Å². The van der Waals surface area contributed by atoms with Crippen LogP contribution in [0, 0.1) is 5.41 Å². The molecule has 2 aromatic heterocycles. The summed E-state index contributed by atoms with van der Waals surface area (Å²) in [6, 6.07) is -1.14. The van der Waals surface area contributed by atoms with Crippen LogP contribution in [0.3, 0.4) is 0 Å². The molecule has 0 radical (unpaired) electrons. The van der Waals surface area contributed by atoms with Gasteiger partial charge in [0.25, 0.3) is 0 Å². The van der Waals surface area contributed by atoms with E-state index < -0.39 is 77.9 Å². The van der Waals surface area contributed by atoms with Crippen LogP contribution >= 0.6 is 15.6 Å². The van der Waals surface area contributed by atoms with Crippen molar-refractivity contribution >= 4 is 26.8 Å². The van der Waals surface area contributed by atoms with E-state index >= 15 is 0 Å². The number of phosphoric ester groups is 2. The molecule has 4 aliphatic rings. The molecule has 6 heterocycles. The first-order chi connectivity index (χ1) is 16.4. The fourth-order valence-electron chi connectivity index (χ4n) is 4.09. The highest BCUT2D eigenvalue weighted by Crippen LogP contribution is 2.60. The Morgan fingerprint density at radius 2 is 1.49 bits per heavy atom. The number of phosphoric acid groups is 2. The molecular weight excluding hydrogens is 518 g/mol. The number of nitrogens with one attached hydrogen (secondary N) is 1. The average Bonchev–Trinajstić information content (AvgIpc) is 3.41. The van der Waals surface area contributed by atoms with Crippen molar-refractivity contribution in [1.29, 1.82) is 5.41 Å². The van der Waals surface area contributed by atoms with Gasteiger partial charge in [-0.05, 0) is 0 Å². The van der Waals surface area contributed by atoms with Gasteiger partial charge in [0.2, 0.25) is 0 Å². The van der Waals surface area contributed by atoms with Gasteiger partial charge in [-0.15, -0.1) is 0 Å². The minimum atomic E-state index is -5.22. The lowest BCUT2D eigenvalue weighted by Gasteiger charge is -2.21. The summed E-state index contributed by atoms with van der Waals surface area (Å²) in [6.45, 7) is -1.61. The minimum absolute atomic E-state index is 0.0386. The Kier molecular flexibility index (Phi) is 6.25. The highest BCUT2D eigenvalue weighted by molar-refractivity contribution is 7.61. The number of nitrogens with zero attached hydrogens (tertiary/aromatic N) is 4. The molecule has 8 bridgehead atoms. The molecule has 2 unspecified atom stereocenters. The Labute approximate surface area is 195 Å². The lowest BCUT2D eigenvalue weighted by Crippen LogP contribution is -2.42. The summed E-state index contributed by atoms with van der Waals surface area (Å²) in [7, 11) is -10.4. The molecule has 18 nitrogen and oxygen atoms in total. The van der Waals surface area contributed by atoms with Gasteiger partial charge < -0.3 is 40.3 Å². The summed E-state index contributed by atoms with van der Waals surface area (Å²) in [5.41, 5.74) is 5.93. The van der Waals surface area contributed by atoms with Crippen LogP contribution in [0.25, 0.3) is 11.2 Å². The van der Waals surface area contributed by atoms with Crippen LogP contribution in [0.15, 0.2) is 12.7 Å². The predicted molar refractivity (Wildman–Crippen MR) is 108 cm³/mol. The van der Waals surface area contributed by atoms with Crippen LogP contribution in [-0.2, 0) is 32.0 Å². The van der Waals surface area contributed by atoms with E-state index in [0.29, 0.717) is 0 Å². The minimum Gasteiger partial charge on any atom is -0.389 e. The highest BCUT2D eigenvalue weighted by Gasteiger charge is 2.48. The third kappa shape index (κ3) is 4.40. The largest absolute Gasteiger partial charge is 0.481 e. The fourth-order valence-corrected chi connectivity index (χ4v) is 6.18. The van der Waals surface area contributed by atoms with Crippen LogP contribution < -0.4 is 11.2 Å². The van der Waals surface area contributed by atoms with Crippen LogP contribution in [-0.4, -0.2) is 94.0 Å². The second-order valence-electron chi connectivity index (χ2n) is 8.11.